The van der Waals surface area contributed by atoms with Gasteiger partial charge in [-0.15, -0.1) is 11.3 Å². The van der Waals surface area contributed by atoms with Gasteiger partial charge < -0.3 is 9.88 Å². The van der Waals surface area contributed by atoms with Crippen LogP contribution >= 0.6 is 11.3 Å². The van der Waals surface area contributed by atoms with Gasteiger partial charge in [0.1, 0.15) is 5.82 Å². The van der Waals surface area contributed by atoms with Gasteiger partial charge in [-0.1, -0.05) is 0 Å². The van der Waals surface area contributed by atoms with Crippen LogP contribution in [0.4, 0.5) is 0 Å². The third kappa shape index (κ3) is 2.30. The van der Waals surface area contributed by atoms with Gasteiger partial charge in [-0.2, -0.15) is 0 Å². The molecule has 1 atom stereocenters. The molecule has 19 heavy (non-hydrogen) atoms. The lowest BCUT2D eigenvalue weighted by Crippen LogP contribution is -2.30. The molecule has 100 valence electrons. The minimum absolute atomic E-state index is 0.101. The Hall–Kier alpha value is -1.62. The number of thiophene rings is 1. The van der Waals surface area contributed by atoms with Crippen LogP contribution in [-0.4, -0.2) is 27.3 Å². The van der Waals surface area contributed by atoms with Crippen LogP contribution in [0.25, 0.3) is 0 Å². The van der Waals surface area contributed by atoms with Gasteiger partial charge in [0, 0.05) is 23.3 Å². The SMILES string of the molecule is Cc1cnc(C2CCCN2C(=O)c2ccc(C)s2)[nH]1. The number of carbonyl (C=O) groups excluding carboxylic acids is 1. The van der Waals surface area contributed by atoms with Gasteiger partial charge in [0.05, 0.1) is 10.9 Å². The number of aromatic nitrogens is 2. The summed E-state index contributed by atoms with van der Waals surface area (Å²) in [5.41, 5.74) is 1.04. The number of nitrogens with zero attached hydrogens (tertiary/aromatic N) is 2. The van der Waals surface area contributed by atoms with Crippen molar-refractivity contribution in [1.29, 1.82) is 0 Å². The van der Waals surface area contributed by atoms with E-state index in [1.165, 1.54) is 4.88 Å². The van der Waals surface area contributed by atoms with E-state index in [2.05, 4.69) is 9.97 Å². The molecule has 3 heterocycles. The highest BCUT2D eigenvalue weighted by atomic mass is 32.1. The van der Waals surface area contributed by atoms with Crippen molar-refractivity contribution in [3.05, 3.63) is 39.6 Å². The van der Waals surface area contributed by atoms with Crippen LogP contribution in [0.5, 0.6) is 0 Å². The van der Waals surface area contributed by atoms with Gasteiger partial charge in [0.15, 0.2) is 0 Å². The number of rotatable bonds is 2. The second kappa shape index (κ2) is 4.81. The topological polar surface area (TPSA) is 49.0 Å². The molecule has 0 saturated carbocycles. The van der Waals surface area contributed by atoms with E-state index < -0.39 is 0 Å². The normalized spacial score (nSPS) is 19.1. The number of aromatic amines is 1. The summed E-state index contributed by atoms with van der Waals surface area (Å²) in [7, 11) is 0. The fraction of sp³-hybridized carbons (Fsp3) is 0.429. The van der Waals surface area contributed by atoms with E-state index in [0.717, 1.165) is 35.8 Å². The number of nitrogens with one attached hydrogen (secondary N) is 1. The summed E-state index contributed by atoms with van der Waals surface area (Å²) in [5.74, 6) is 1.05. The van der Waals surface area contributed by atoms with E-state index in [-0.39, 0.29) is 11.9 Å². The Kier molecular flexibility index (Phi) is 3.14. The number of H-pyrrole nitrogens is 1. The Labute approximate surface area is 116 Å². The quantitative estimate of drug-likeness (QED) is 0.915. The summed E-state index contributed by atoms with van der Waals surface area (Å²) >= 11 is 1.56. The van der Waals surface area contributed by atoms with Crippen molar-refractivity contribution in [2.75, 3.05) is 6.54 Å². The Morgan fingerprint density at radius 1 is 1.47 bits per heavy atom. The Bertz CT molecular complexity index is 601. The van der Waals surface area contributed by atoms with Gasteiger partial charge in [-0.3, -0.25) is 4.79 Å². The van der Waals surface area contributed by atoms with E-state index in [9.17, 15) is 4.79 Å². The van der Waals surface area contributed by atoms with Crippen LogP contribution < -0.4 is 0 Å². The summed E-state index contributed by atoms with van der Waals surface area (Å²) in [5, 5.41) is 0. The first-order valence-corrected chi connectivity index (χ1v) is 7.35. The predicted molar refractivity (Wildman–Crippen MR) is 75.4 cm³/mol. The highest BCUT2D eigenvalue weighted by Crippen LogP contribution is 2.32. The minimum atomic E-state index is 0.101. The lowest BCUT2D eigenvalue weighted by molar-refractivity contribution is 0.0735. The van der Waals surface area contributed by atoms with Gasteiger partial charge in [-0.25, -0.2) is 4.98 Å². The number of aryl methyl sites for hydroxylation is 2. The second-order valence-corrected chi connectivity index (χ2v) is 6.31. The van der Waals surface area contributed by atoms with Crippen molar-refractivity contribution in [3.63, 3.8) is 0 Å². The summed E-state index contributed by atoms with van der Waals surface area (Å²) < 4.78 is 0. The molecular weight excluding hydrogens is 258 g/mol. The largest absolute Gasteiger partial charge is 0.344 e. The zero-order valence-electron chi connectivity index (χ0n) is 11.1. The first-order valence-electron chi connectivity index (χ1n) is 6.54. The third-order valence-corrected chi connectivity index (χ3v) is 4.49. The Morgan fingerprint density at radius 3 is 2.95 bits per heavy atom. The fourth-order valence-electron chi connectivity index (χ4n) is 2.59. The summed E-state index contributed by atoms with van der Waals surface area (Å²) in [6.45, 7) is 4.83. The molecule has 1 N–H and O–H groups in total. The molecule has 4 nitrogen and oxygen atoms in total. The zero-order valence-corrected chi connectivity index (χ0v) is 12.0. The number of amides is 1. The Morgan fingerprint density at radius 2 is 2.32 bits per heavy atom. The maximum atomic E-state index is 12.5. The average molecular weight is 275 g/mol. The molecule has 0 radical (unpaired) electrons. The number of carbonyl (C=O) groups is 1. The van der Waals surface area contributed by atoms with E-state index >= 15 is 0 Å². The molecule has 1 unspecified atom stereocenters. The predicted octanol–water partition coefficient (Wildman–Crippen LogP) is 3.07. The monoisotopic (exact) mass is 275 g/mol. The number of likely N-dealkylation sites (tertiary alicyclic amines) is 1. The molecule has 0 aliphatic carbocycles. The van der Waals surface area contributed by atoms with Gasteiger partial charge in [-0.05, 0) is 38.8 Å². The van der Waals surface area contributed by atoms with Crippen molar-refractivity contribution < 1.29 is 4.79 Å². The van der Waals surface area contributed by atoms with Crippen molar-refractivity contribution in [2.45, 2.75) is 32.7 Å². The molecule has 0 aromatic carbocycles. The zero-order chi connectivity index (χ0) is 13.4. The van der Waals surface area contributed by atoms with Crippen molar-refractivity contribution >= 4 is 17.2 Å². The molecule has 1 aliphatic rings. The molecule has 0 bridgehead atoms. The lowest BCUT2D eigenvalue weighted by Gasteiger charge is -2.22. The van der Waals surface area contributed by atoms with E-state index in [0.29, 0.717) is 0 Å². The first kappa shape index (κ1) is 12.4. The fourth-order valence-corrected chi connectivity index (χ4v) is 3.41. The lowest BCUT2D eigenvalue weighted by atomic mass is 10.2. The minimum Gasteiger partial charge on any atom is -0.344 e. The van der Waals surface area contributed by atoms with Gasteiger partial charge in [0.2, 0.25) is 0 Å². The average Bonchev–Trinajstić information content (AvgIpc) is 3.07. The number of imidazole rings is 1. The van der Waals surface area contributed by atoms with Crippen molar-refractivity contribution in [2.24, 2.45) is 0 Å². The molecule has 1 saturated heterocycles. The molecule has 2 aromatic rings. The van der Waals surface area contributed by atoms with Crippen LogP contribution in [0.2, 0.25) is 0 Å². The van der Waals surface area contributed by atoms with Crippen LogP contribution in [0.1, 0.15) is 45.0 Å². The Balaban J connectivity index is 1.85. The van der Waals surface area contributed by atoms with Crippen LogP contribution in [-0.2, 0) is 0 Å². The van der Waals surface area contributed by atoms with E-state index in [1.807, 2.05) is 37.1 Å². The van der Waals surface area contributed by atoms with Crippen LogP contribution in [0.15, 0.2) is 18.3 Å². The van der Waals surface area contributed by atoms with E-state index in [1.54, 1.807) is 11.3 Å². The summed E-state index contributed by atoms with van der Waals surface area (Å²) in [4.78, 5) is 24.1. The van der Waals surface area contributed by atoms with Crippen molar-refractivity contribution in [1.82, 2.24) is 14.9 Å². The maximum Gasteiger partial charge on any atom is 0.264 e. The second-order valence-electron chi connectivity index (χ2n) is 5.02. The van der Waals surface area contributed by atoms with E-state index in [4.69, 9.17) is 0 Å². The number of hydrogen-bond donors (Lipinski definition) is 1. The van der Waals surface area contributed by atoms with Crippen LogP contribution in [0, 0.1) is 13.8 Å². The summed E-state index contributed by atoms with van der Waals surface area (Å²) in [6, 6.07) is 4.02. The maximum absolute atomic E-state index is 12.5. The molecule has 1 amide bonds. The third-order valence-electron chi connectivity index (χ3n) is 3.50. The molecule has 2 aromatic heterocycles. The standard InChI is InChI=1S/C14H17N3OS/c1-9-8-15-13(16-9)11-4-3-7-17(11)14(18)12-6-5-10(2)19-12/h5-6,8,11H,3-4,7H2,1-2H3,(H,15,16). The van der Waals surface area contributed by atoms with Gasteiger partial charge in [0.25, 0.3) is 5.91 Å². The molecule has 5 heteroatoms. The molecular formula is C14H17N3OS. The highest BCUT2D eigenvalue weighted by Gasteiger charge is 2.32. The molecule has 0 spiro atoms. The molecule has 3 rings (SSSR count). The molecule has 1 fully saturated rings. The van der Waals surface area contributed by atoms with Gasteiger partial charge >= 0.3 is 0 Å². The van der Waals surface area contributed by atoms with Crippen molar-refractivity contribution in [3.8, 4) is 0 Å². The summed E-state index contributed by atoms with van der Waals surface area (Å²) in [6.07, 6.45) is 3.86. The highest BCUT2D eigenvalue weighted by molar-refractivity contribution is 7.13. The van der Waals surface area contributed by atoms with Crippen LogP contribution in [0.3, 0.4) is 0 Å². The molecule has 1 aliphatic heterocycles. The first-order chi connectivity index (χ1) is 9.15. The smallest absolute Gasteiger partial charge is 0.264 e. The number of hydrogen-bond acceptors (Lipinski definition) is 3.